The van der Waals surface area contributed by atoms with Crippen LogP contribution in [0.2, 0.25) is 0 Å². The van der Waals surface area contributed by atoms with Crippen LogP contribution in [0.5, 0.6) is 0 Å². The van der Waals surface area contributed by atoms with E-state index in [0.29, 0.717) is 19.5 Å². The summed E-state index contributed by atoms with van der Waals surface area (Å²) < 4.78 is 5.20. The van der Waals surface area contributed by atoms with Gasteiger partial charge in [0.05, 0.1) is 0 Å². The number of alkyl carbamates (subject to hydrolysis) is 1. The lowest BCUT2D eigenvalue weighted by Gasteiger charge is -2.31. The van der Waals surface area contributed by atoms with Crippen molar-refractivity contribution in [3.05, 3.63) is 0 Å². The van der Waals surface area contributed by atoms with Crippen LogP contribution in [0.1, 0.15) is 60.3 Å². The maximum atomic E-state index is 12.0. The smallest absolute Gasteiger partial charge is 0.407 e. The van der Waals surface area contributed by atoms with Crippen molar-refractivity contribution in [3.8, 4) is 0 Å². The van der Waals surface area contributed by atoms with Gasteiger partial charge in [-0.05, 0) is 53.5 Å². The van der Waals surface area contributed by atoms with E-state index in [-0.39, 0.29) is 5.78 Å². The largest absolute Gasteiger partial charge is 0.444 e. The van der Waals surface area contributed by atoms with Gasteiger partial charge in [-0.1, -0.05) is 13.3 Å². The minimum absolute atomic E-state index is 0.105. The Bertz CT molecular complexity index is 324. The molecular weight excluding hydrogens is 256 g/mol. The molecule has 0 saturated heterocycles. The first kappa shape index (κ1) is 18.9. The maximum Gasteiger partial charge on any atom is 0.407 e. The molecular formula is C15H30N2O3. The van der Waals surface area contributed by atoms with Crippen molar-refractivity contribution >= 4 is 11.9 Å². The molecule has 20 heavy (non-hydrogen) atoms. The van der Waals surface area contributed by atoms with Crippen molar-refractivity contribution in [1.82, 2.24) is 5.32 Å². The predicted octanol–water partition coefficient (Wildman–Crippen LogP) is 2.63. The Labute approximate surface area is 122 Å². The number of amides is 1. The van der Waals surface area contributed by atoms with Gasteiger partial charge in [-0.25, -0.2) is 4.79 Å². The van der Waals surface area contributed by atoms with E-state index in [1.54, 1.807) is 6.92 Å². The van der Waals surface area contributed by atoms with Crippen molar-refractivity contribution in [3.63, 3.8) is 0 Å². The first-order chi connectivity index (χ1) is 9.17. The van der Waals surface area contributed by atoms with Crippen LogP contribution in [0.25, 0.3) is 0 Å². The topological polar surface area (TPSA) is 81.4 Å². The van der Waals surface area contributed by atoms with E-state index < -0.39 is 17.1 Å². The monoisotopic (exact) mass is 286 g/mol. The van der Waals surface area contributed by atoms with E-state index in [1.807, 2.05) is 27.7 Å². The molecule has 1 amide bonds. The lowest BCUT2D eigenvalue weighted by molar-refractivity contribution is -0.127. The number of carbonyl (C=O) groups excluding carboxylic acids is 2. The van der Waals surface area contributed by atoms with E-state index in [4.69, 9.17) is 10.5 Å². The summed E-state index contributed by atoms with van der Waals surface area (Å²) in [7, 11) is 0. The van der Waals surface area contributed by atoms with Gasteiger partial charge in [0.15, 0.2) is 0 Å². The Morgan fingerprint density at radius 1 is 1.20 bits per heavy atom. The van der Waals surface area contributed by atoms with Crippen molar-refractivity contribution in [2.75, 3.05) is 13.1 Å². The Balaban J connectivity index is 4.57. The minimum Gasteiger partial charge on any atom is -0.444 e. The normalized spacial score (nSPS) is 14.5. The molecule has 3 N–H and O–H groups in total. The zero-order valence-corrected chi connectivity index (χ0v) is 13.5. The quantitative estimate of drug-likeness (QED) is 0.672. The molecule has 0 heterocycles. The van der Waals surface area contributed by atoms with E-state index in [2.05, 4.69) is 5.32 Å². The van der Waals surface area contributed by atoms with E-state index in [9.17, 15) is 9.59 Å². The summed E-state index contributed by atoms with van der Waals surface area (Å²) in [6.07, 6.45) is 2.74. The third-order valence-corrected chi connectivity index (χ3v) is 3.50. The number of Topliss-reactive ketones (excluding diaryl/α,β-unsaturated/α-hetero) is 1. The molecule has 0 spiro atoms. The zero-order valence-electron chi connectivity index (χ0n) is 13.5. The molecule has 0 aromatic carbocycles. The number of ketones is 1. The summed E-state index contributed by atoms with van der Waals surface area (Å²) in [5.41, 5.74) is 4.45. The van der Waals surface area contributed by atoms with Gasteiger partial charge >= 0.3 is 6.09 Å². The lowest BCUT2D eigenvalue weighted by atomic mass is 9.77. The Kier molecular flexibility index (Phi) is 7.79. The van der Waals surface area contributed by atoms with Gasteiger partial charge in [-0.15, -0.1) is 0 Å². The highest BCUT2D eigenvalue weighted by atomic mass is 16.6. The second kappa shape index (κ2) is 8.25. The first-order valence-electron chi connectivity index (χ1n) is 7.35. The second-order valence-corrected chi connectivity index (χ2v) is 6.29. The van der Waals surface area contributed by atoms with Gasteiger partial charge < -0.3 is 15.8 Å². The predicted molar refractivity (Wildman–Crippen MR) is 80.5 cm³/mol. The number of carbonyl (C=O) groups is 2. The molecule has 1 unspecified atom stereocenters. The van der Waals surface area contributed by atoms with Crippen LogP contribution in [-0.2, 0) is 9.53 Å². The fourth-order valence-electron chi connectivity index (χ4n) is 2.10. The molecule has 0 bridgehead atoms. The zero-order chi connectivity index (χ0) is 15.8. The lowest BCUT2D eigenvalue weighted by Crippen LogP contribution is -2.43. The highest BCUT2D eigenvalue weighted by Crippen LogP contribution is 2.29. The van der Waals surface area contributed by atoms with Gasteiger partial charge in [-0.2, -0.15) is 0 Å². The molecule has 5 heteroatoms. The Morgan fingerprint density at radius 3 is 2.20 bits per heavy atom. The molecule has 0 aliphatic carbocycles. The molecule has 5 nitrogen and oxygen atoms in total. The summed E-state index contributed by atoms with van der Waals surface area (Å²) in [4.78, 5) is 23.7. The number of nitrogens with two attached hydrogens (primary N) is 1. The number of hydrogen-bond acceptors (Lipinski definition) is 4. The molecule has 0 fully saturated rings. The van der Waals surface area contributed by atoms with Crippen molar-refractivity contribution in [1.29, 1.82) is 0 Å². The van der Waals surface area contributed by atoms with Gasteiger partial charge in [0.1, 0.15) is 11.4 Å². The van der Waals surface area contributed by atoms with Crippen LogP contribution in [-0.4, -0.2) is 30.6 Å². The van der Waals surface area contributed by atoms with E-state index in [1.165, 1.54) is 0 Å². The number of ether oxygens (including phenoxy) is 1. The van der Waals surface area contributed by atoms with Crippen molar-refractivity contribution in [2.45, 2.75) is 65.9 Å². The van der Waals surface area contributed by atoms with Crippen LogP contribution in [0.3, 0.4) is 0 Å². The highest BCUT2D eigenvalue weighted by Gasteiger charge is 2.33. The Hall–Kier alpha value is -1.10. The fraction of sp³-hybridized carbons (Fsp3) is 0.867. The standard InChI is InChI=1S/C15H30N2O3/c1-6-15(12(2)18,9-7-8-10-16)11-17-13(19)20-14(3,4)5/h6-11,16H2,1-5H3,(H,17,19). The van der Waals surface area contributed by atoms with Gasteiger partial charge in [0.2, 0.25) is 0 Å². The minimum atomic E-state index is -0.533. The molecule has 0 radical (unpaired) electrons. The number of nitrogens with one attached hydrogen (secondary N) is 1. The average molecular weight is 286 g/mol. The number of unbranched alkanes of at least 4 members (excludes halogenated alkanes) is 1. The molecule has 0 aliphatic rings. The molecule has 118 valence electrons. The second-order valence-electron chi connectivity index (χ2n) is 6.29. The van der Waals surface area contributed by atoms with Crippen LogP contribution >= 0.6 is 0 Å². The number of hydrogen-bond donors (Lipinski definition) is 2. The van der Waals surface area contributed by atoms with Crippen LogP contribution < -0.4 is 11.1 Å². The molecule has 1 atom stereocenters. The molecule has 0 aromatic rings. The summed E-state index contributed by atoms with van der Waals surface area (Å²) >= 11 is 0. The molecule has 0 rings (SSSR count). The summed E-state index contributed by atoms with van der Waals surface area (Å²) in [6.45, 7) is 9.93. The molecule has 0 saturated carbocycles. The SMILES string of the molecule is CCC(CCCCN)(CNC(=O)OC(C)(C)C)C(C)=O. The molecule has 0 aliphatic heterocycles. The first-order valence-corrected chi connectivity index (χ1v) is 7.35. The fourth-order valence-corrected chi connectivity index (χ4v) is 2.10. The van der Waals surface area contributed by atoms with E-state index in [0.717, 1.165) is 19.3 Å². The number of rotatable bonds is 8. The molecule has 0 aromatic heterocycles. The van der Waals surface area contributed by atoms with Crippen LogP contribution in [0.15, 0.2) is 0 Å². The summed E-state index contributed by atoms with van der Waals surface area (Å²) in [5, 5.41) is 2.73. The Morgan fingerprint density at radius 2 is 1.80 bits per heavy atom. The van der Waals surface area contributed by atoms with Crippen molar-refractivity contribution in [2.24, 2.45) is 11.1 Å². The third-order valence-electron chi connectivity index (χ3n) is 3.50. The average Bonchev–Trinajstić information content (AvgIpc) is 2.31. The van der Waals surface area contributed by atoms with Gasteiger partial charge in [0.25, 0.3) is 0 Å². The van der Waals surface area contributed by atoms with Crippen LogP contribution in [0, 0.1) is 5.41 Å². The van der Waals surface area contributed by atoms with Gasteiger partial charge in [0, 0.05) is 12.0 Å². The maximum absolute atomic E-state index is 12.0. The van der Waals surface area contributed by atoms with Crippen molar-refractivity contribution < 1.29 is 14.3 Å². The summed E-state index contributed by atoms with van der Waals surface area (Å²) in [5.74, 6) is 0.105. The van der Waals surface area contributed by atoms with Crippen LogP contribution in [0.4, 0.5) is 4.79 Å². The highest BCUT2D eigenvalue weighted by molar-refractivity contribution is 5.83. The third kappa shape index (κ3) is 6.89. The van der Waals surface area contributed by atoms with E-state index >= 15 is 0 Å². The summed E-state index contributed by atoms with van der Waals surface area (Å²) in [6, 6.07) is 0. The van der Waals surface area contributed by atoms with Gasteiger partial charge in [-0.3, -0.25) is 4.79 Å².